The number of imidazole rings is 1. The third kappa shape index (κ3) is 1.90. The summed E-state index contributed by atoms with van der Waals surface area (Å²) in [7, 11) is 0. The molecule has 1 unspecified atom stereocenters. The normalized spacial score (nSPS) is 19.4. The molecule has 0 aromatic carbocycles. The van der Waals surface area contributed by atoms with Crippen LogP contribution in [0.15, 0.2) is 12.1 Å². The van der Waals surface area contributed by atoms with Gasteiger partial charge >= 0.3 is 0 Å². The zero-order valence-corrected chi connectivity index (χ0v) is 11.1. The number of thiophene rings is 1. The fourth-order valence-corrected chi connectivity index (χ4v) is 3.38. The molecular weight excluding hydrogens is 256 g/mol. The number of aryl methyl sites for hydroxylation is 1. The van der Waals surface area contributed by atoms with Crippen LogP contribution < -0.4 is 0 Å². The van der Waals surface area contributed by atoms with E-state index >= 15 is 0 Å². The number of halogens is 1. The molecular formula is C12H13ClN2OS. The van der Waals surface area contributed by atoms with Crippen LogP contribution in [0.25, 0.3) is 10.7 Å². The van der Waals surface area contributed by atoms with Gasteiger partial charge in [-0.2, -0.15) is 0 Å². The van der Waals surface area contributed by atoms with Crippen LogP contribution in [0.1, 0.15) is 17.0 Å². The lowest BCUT2D eigenvalue weighted by atomic mass is 10.1. The van der Waals surface area contributed by atoms with Crippen molar-refractivity contribution in [1.29, 1.82) is 0 Å². The fraction of sp³-hybridized carbons (Fsp3) is 0.417. The maximum Gasteiger partial charge on any atom is 0.152 e. The Hall–Kier alpha value is -0.840. The minimum atomic E-state index is -0.285. The van der Waals surface area contributed by atoms with Gasteiger partial charge in [-0.3, -0.25) is 0 Å². The molecule has 1 aliphatic heterocycles. The van der Waals surface area contributed by atoms with Crippen molar-refractivity contribution in [3.05, 3.63) is 27.9 Å². The number of nitrogens with zero attached hydrogens (tertiary/aromatic N) is 2. The van der Waals surface area contributed by atoms with Crippen molar-refractivity contribution in [2.45, 2.75) is 32.4 Å². The number of aliphatic hydroxyl groups is 1. The molecule has 0 saturated carbocycles. The lowest BCUT2D eigenvalue weighted by molar-refractivity contribution is 0.132. The highest BCUT2D eigenvalue weighted by Gasteiger charge is 2.24. The number of aliphatic hydroxyl groups excluding tert-OH is 1. The second kappa shape index (κ2) is 4.12. The van der Waals surface area contributed by atoms with Gasteiger partial charge in [-0.1, -0.05) is 11.6 Å². The zero-order valence-electron chi connectivity index (χ0n) is 9.48. The number of rotatable bonds is 1. The Balaban J connectivity index is 2.12. The summed E-state index contributed by atoms with van der Waals surface area (Å²) in [6, 6.07) is 4.14. The van der Waals surface area contributed by atoms with E-state index in [1.54, 1.807) is 11.3 Å². The SMILES string of the molecule is Cc1ccc(-c2nc(Cl)c3n2CC(O)CC3)s1. The van der Waals surface area contributed by atoms with Crippen LogP contribution in [0.2, 0.25) is 5.15 Å². The maximum absolute atomic E-state index is 9.75. The Bertz CT molecular complexity index is 561. The highest BCUT2D eigenvalue weighted by atomic mass is 35.5. The van der Waals surface area contributed by atoms with Crippen molar-refractivity contribution in [2.75, 3.05) is 0 Å². The Morgan fingerprint density at radius 3 is 3.06 bits per heavy atom. The van der Waals surface area contributed by atoms with Gasteiger partial charge in [-0.25, -0.2) is 4.98 Å². The second-order valence-corrected chi connectivity index (χ2v) is 6.03. The van der Waals surface area contributed by atoms with E-state index in [0.29, 0.717) is 11.7 Å². The monoisotopic (exact) mass is 268 g/mol. The first-order valence-corrected chi connectivity index (χ1v) is 6.84. The van der Waals surface area contributed by atoms with Crippen molar-refractivity contribution < 1.29 is 5.11 Å². The Morgan fingerprint density at radius 2 is 2.35 bits per heavy atom. The first-order valence-electron chi connectivity index (χ1n) is 5.65. The van der Waals surface area contributed by atoms with E-state index in [-0.39, 0.29) is 6.10 Å². The molecule has 2 aromatic heterocycles. The molecule has 3 rings (SSSR count). The highest BCUT2D eigenvalue weighted by molar-refractivity contribution is 7.15. The minimum Gasteiger partial charge on any atom is -0.391 e. The van der Waals surface area contributed by atoms with Gasteiger partial charge in [0.05, 0.1) is 23.2 Å². The third-order valence-corrected chi connectivity index (χ3v) is 4.39. The van der Waals surface area contributed by atoms with Gasteiger partial charge in [0.25, 0.3) is 0 Å². The maximum atomic E-state index is 9.75. The molecule has 0 fully saturated rings. The lowest BCUT2D eigenvalue weighted by Crippen LogP contribution is -2.24. The molecule has 1 aliphatic rings. The molecule has 3 nitrogen and oxygen atoms in total. The Morgan fingerprint density at radius 1 is 1.53 bits per heavy atom. The number of fused-ring (bicyclic) bond motifs is 1. The quantitative estimate of drug-likeness (QED) is 0.864. The Kier molecular flexibility index (Phi) is 2.73. The van der Waals surface area contributed by atoms with Crippen molar-refractivity contribution >= 4 is 22.9 Å². The molecule has 1 N–H and O–H groups in total. The van der Waals surface area contributed by atoms with E-state index in [4.69, 9.17) is 11.6 Å². The van der Waals surface area contributed by atoms with Crippen LogP contribution in [-0.4, -0.2) is 20.8 Å². The van der Waals surface area contributed by atoms with Crippen LogP contribution in [0.3, 0.4) is 0 Å². The highest BCUT2D eigenvalue weighted by Crippen LogP contribution is 2.33. The minimum absolute atomic E-state index is 0.285. The fourth-order valence-electron chi connectivity index (χ4n) is 2.24. The van der Waals surface area contributed by atoms with Crippen LogP contribution in [0, 0.1) is 6.92 Å². The van der Waals surface area contributed by atoms with E-state index in [1.165, 1.54) is 4.88 Å². The summed E-state index contributed by atoms with van der Waals surface area (Å²) in [5, 5.41) is 10.3. The van der Waals surface area contributed by atoms with Gasteiger partial charge < -0.3 is 9.67 Å². The van der Waals surface area contributed by atoms with Crippen molar-refractivity contribution in [1.82, 2.24) is 9.55 Å². The summed E-state index contributed by atoms with van der Waals surface area (Å²) >= 11 is 7.86. The van der Waals surface area contributed by atoms with Crippen LogP contribution in [0.5, 0.6) is 0 Å². The van der Waals surface area contributed by atoms with Crippen LogP contribution in [-0.2, 0) is 13.0 Å². The summed E-state index contributed by atoms with van der Waals surface area (Å²) in [4.78, 5) is 6.81. The van der Waals surface area contributed by atoms with Gasteiger partial charge in [-0.15, -0.1) is 11.3 Å². The molecule has 0 amide bonds. The Labute approximate surface area is 109 Å². The lowest BCUT2D eigenvalue weighted by Gasteiger charge is -2.21. The van der Waals surface area contributed by atoms with E-state index in [2.05, 4.69) is 28.6 Å². The summed E-state index contributed by atoms with van der Waals surface area (Å²) in [6.45, 7) is 2.67. The average Bonchev–Trinajstić information content (AvgIpc) is 2.83. The van der Waals surface area contributed by atoms with Gasteiger partial charge in [0.2, 0.25) is 0 Å². The number of hydrogen-bond donors (Lipinski definition) is 1. The number of aromatic nitrogens is 2. The standard InChI is InChI=1S/C12H13ClN2OS/c1-7-2-5-10(17-7)12-14-11(13)9-4-3-8(16)6-15(9)12/h2,5,8,16H,3-4,6H2,1H3. The van der Waals surface area contributed by atoms with Crippen molar-refractivity contribution in [3.8, 4) is 10.7 Å². The molecule has 0 bridgehead atoms. The first-order chi connectivity index (χ1) is 8.15. The molecule has 5 heteroatoms. The third-order valence-electron chi connectivity index (χ3n) is 3.09. The van der Waals surface area contributed by atoms with Crippen LogP contribution >= 0.6 is 22.9 Å². The van der Waals surface area contributed by atoms with Gasteiger partial charge in [-0.05, 0) is 31.9 Å². The van der Waals surface area contributed by atoms with E-state index in [9.17, 15) is 5.11 Å². The van der Waals surface area contributed by atoms with E-state index in [1.807, 2.05) is 0 Å². The molecule has 0 saturated heterocycles. The summed E-state index contributed by atoms with van der Waals surface area (Å²) < 4.78 is 2.06. The van der Waals surface area contributed by atoms with Crippen molar-refractivity contribution in [2.24, 2.45) is 0 Å². The molecule has 3 heterocycles. The molecule has 2 aromatic rings. The first kappa shape index (κ1) is 11.3. The summed E-state index contributed by atoms with van der Waals surface area (Å²) in [5.41, 5.74) is 1.05. The van der Waals surface area contributed by atoms with Gasteiger partial charge in [0.1, 0.15) is 0 Å². The number of hydrogen-bond acceptors (Lipinski definition) is 3. The molecule has 1 atom stereocenters. The summed E-state index contributed by atoms with van der Waals surface area (Å²) in [6.07, 6.45) is 1.29. The second-order valence-electron chi connectivity index (χ2n) is 4.39. The van der Waals surface area contributed by atoms with Gasteiger partial charge in [0, 0.05) is 4.88 Å². The predicted octanol–water partition coefficient (Wildman–Crippen LogP) is 2.88. The van der Waals surface area contributed by atoms with Crippen molar-refractivity contribution in [3.63, 3.8) is 0 Å². The molecule has 17 heavy (non-hydrogen) atoms. The topological polar surface area (TPSA) is 38.0 Å². The summed E-state index contributed by atoms with van der Waals surface area (Å²) in [5.74, 6) is 0.891. The molecule has 0 aliphatic carbocycles. The molecule has 90 valence electrons. The van der Waals surface area contributed by atoms with E-state index < -0.39 is 0 Å². The van der Waals surface area contributed by atoms with Gasteiger partial charge in [0.15, 0.2) is 11.0 Å². The smallest absolute Gasteiger partial charge is 0.152 e. The molecule has 0 radical (unpaired) electrons. The largest absolute Gasteiger partial charge is 0.391 e. The zero-order chi connectivity index (χ0) is 12.0. The van der Waals surface area contributed by atoms with Crippen LogP contribution in [0.4, 0.5) is 0 Å². The average molecular weight is 269 g/mol. The molecule has 0 spiro atoms. The predicted molar refractivity (Wildman–Crippen MR) is 69.6 cm³/mol. The van der Waals surface area contributed by atoms with E-state index in [0.717, 1.165) is 29.2 Å².